The first-order chi connectivity index (χ1) is 6.05. The van der Waals surface area contributed by atoms with Crippen LogP contribution in [-0.4, -0.2) is 11.7 Å². The molecule has 3 heteroatoms. The summed E-state index contributed by atoms with van der Waals surface area (Å²) in [6.45, 7) is 1.83. The molecular weight excluding hydrogens is 174 g/mol. The fourth-order valence-corrected chi connectivity index (χ4v) is 2.55. The van der Waals surface area contributed by atoms with Gasteiger partial charge in [-0.25, -0.2) is 8.78 Å². The summed E-state index contributed by atoms with van der Waals surface area (Å²) in [5, 5.41) is 0. The zero-order valence-electron chi connectivity index (χ0n) is 7.72. The first-order valence-electron chi connectivity index (χ1n) is 4.95. The van der Waals surface area contributed by atoms with Gasteiger partial charge in [0, 0.05) is 24.7 Å². The molecule has 74 valence electrons. The predicted molar refractivity (Wildman–Crippen MR) is 44.6 cm³/mol. The van der Waals surface area contributed by atoms with Crippen molar-refractivity contribution in [3.8, 4) is 0 Å². The molecule has 13 heavy (non-hydrogen) atoms. The van der Waals surface area contributed by atoms with Gasteiger partial charge in [-0.05, 0) is 18.8 Å². The molecule has 2 rings (SSSR count). The van der Waals surface area contributed by atoms with E-state index in [4.69, 9.17) is 0 Å². The van der Waals surface area contributed by atoms with Gasteiger partial charge in [0.05, 0.1) is 0 Å². The first-order valence-corrected chi connectivity index (χ1v) is 4.95. The molecule has 0 amide bonds. The van der Waals surface area contributed by atoms with Gasteiger partial charge < -0.3 is 0 Å². The Morgan fingerprint density at radius 3 is 2.38 bits per heavy atom. The Kier molecular flexibility index (Phi) is 1.93. The molecule has 0 spiro atoms. The monoisotopic (exact) mass is 188 g/mol. The molecule has 2 saturated carbocycles. The van der Waals surface area contributed by atoms with E-state index >= 15 is 0 Å². The maximum absolute atomic E-state index is 12.7. The van der Waals surface area contributed by atoms with E-state index in [0.29, 0.717) is 25.7 Å². The lowest BCUT2D eigenvalue weighted by Crippen LogP contribution is -2.11. The minimum Gasteiger partial charge on any atom is -0.300 e. The topological polar surface area (TPSA) is 17.1 Å². The Balaban J connectivity index is 1.81. The van der Waals surface area contributed by atoms with Crippen LogP contribution in [0.4, 0.5) is 8.78 Å². The van der Waals surface area contributed by atoms with Crippen molar-refractivity contribution in [2.24, 2.45) is 17.8 Å². The van der Waals surface area contributed by atoms with E-state index in [-0.39, 0.29) is 23.5 Å². The van der Waals surface area contributed by atoms with E-state index < -0.39 is 5.92 Å². The average molecular weight is 188 g/mol. The fourth-order valence-electron chi connectivity index (χ4n) is 2.55. The maximum atomic E-state index is 12.7. The normalized spacial score (nSPS) is 40.1. The summed E-state index contributed by atoms with van der Waals surface area (Å²) in [4.78, 5) is 11.1. The van der Waals surface area contributed by atoms with Gasteiger partial charge in [0.1, 0.15) is 5.78 Å². The number of Topliss-reactive ketones (excluding diaryl/α,β-unsaturated/α-hetero) is 1. The summed E-state index contributed by atoms with van der Waals surface area (Å²) in [7, 11) is 0. The zero-order valence-corrected chi connectivity index (χ0v) is 7.72. The Labute approximate surface area is 76.5 Å². The summed E-state index contributed by atoms with van der Waals surface area (Å²) >= 11 is 0. The second kappa shape index (κ2) is 2.76. The molecule has 2 unspecified atom stereocenters. The maximum Gasteiger partial charge on any atom is 0.254 e. The van der Waals surface area contributed by atoms with Crippen LogP contribution in [0.5, 0.6) is 0 Å². The van der Waals surface area contributed by atoms with Gasteiger partial charge in [0.15, 0.2) is 0 Å². The Hall–Kier alpha value is -0.470. The number of hydrogen-bond donors (Lipinski definition) is 0. The number of carbonyl (C=O) groups excluding carboxylic acids is 1. The SMILES string of the molecule is CCC(=O)CC1CC2C(C1)C2(F)F. The third-order valence-corrected chi connectivity index (χ3v) is 3.45. The number of halogens is 2. The standard InChI is InChI=1S/C10H14F2O/c1-2-7(13)3-6-4-8-9(5-6)10(8,11)12/h6,8-9H,2-5H2,1H3. The van der Waals surface area contributed by atoms with Crippen molar-refractivity contribution in [1.82, 2.24) is 0 Å². The van der Waals surface area contributed by atoms with Crippen molar-refractivity contribution >= 4 is 5.78 Å². The van der Waals surface area contributed by atoms with E-state index in [1.165, 1.54) is 0 Å². The van der Waals surface area contributed by atoms with Gasteiger partial charge in [-0.1, -0.05) is 6.92 Å². The zero-order chi connectivity index (χ0) is 9.64. The Bertz CT molecular complexity index is 223. The molecule has 1 nitrogen and oxygen atoms in total. The molecule has 0 aliphatic heterocycles. The highest BCUT2D eigenvalue weighted by Crippen LogP contribution is 2.66. The molecule has 0 saturated heterocycles. The number of carbonyl (C=O) groups is 1. The summed E-state index contributed by atoms with van der Waals surface area (Å²) in [5.74, 6) is -2.69. The number of rotatable bonds is 3. The van der Waals surface area contributed by atoms with Crippen LogP contribution in [0.1, 0.15) is 32.6 Å². The second-order valence-electron chi connectivity index (χ2n) is 4.32. The van der Waals surface area contributed by atoms with Crippen LogP contribution in [-0.2, 0) is 4.79 Å². The Morgan fingerprint density at radius 1 is 1.38 bits per heavy atom. The molecular formula is C10H14F2O. The van der Waals surface area contributed by atoms with Crippen LogP contribution in [0.3, 0.4) is 0 Å². The molecule has 0 bridgehead atoms. The van der Waals surface area contributed by atoms with Gasteiger partial charge in [-0.2, -0.15) is 0 Å². The highest BCUT2D eigenvalue weighted by atomic mass is 19.3. The van der Waals surface area contributed by atoms with E-state index in [0.717, 1.165) is 0 Å². The van der Waals surface area contributed by atoms with Crippen molar-refractivity contribution in [2.75, 3.05) is 0 Å². The van der Waals surface area contributed by atoms with Crippen molar-refractivity contribution in [3.05, 3.63) is 0 Å². The molecule has 0 radical (unpaired) electrons. The lowest BCUT2D eigenvalue weighted by atomic mass is 9.96. The van der Waals surface area contributed by atoms with Gasteiger partial charge in [-0.3, -0.25) is 4.79 Å². The summed E-state index contributed by atoms with van der Waals surface area (Å²) < 4.78 is 25.5. The van der Waals surface area contributed by atoms with Crippen molar-refractivity contribution in [1.29, 1.82) is 0 Å². The van der Waals surface area contributed by atoms with E-state index in [9.17, 15) is 13.6 Å². The van der Waals surface area contributed by atoms with Crippen LogP contribution < -0.4 is 0 Å². The van der Waals surface area contributed by atoms with Crippen molar-refractivity contribution in [2.45, 2.75) is 38.5 Å². The number of fused-ring (bicyclic) bond motifs is 1. The fraction of sp³-hybridized carbons (Fsp3) is 0.900. The van der Waals surface area contributed by atoms with Crippen LogP contribution in [0, 0.1) is 17.8 Å². The van der Waals surface area contributed by atoms with Crippen molar-refractivity contribution in [3.63, 3.8) is 0 Å². The predicted octanol–water partition coefficient (Wildman–Crippen LogP) is 2.65. The molecule has 0 aromatic carbocycles. The van der Waals surface area contributed by atoms with E-state index in [1.807, 2.05) is 6.92 Å². The Morgan fingerprint density at radius 2 is 1.92 bits per heavy atom. The lowest BCUT2D eigenvalue weighted by molar-refractivity contribution is -0.119. The number of alkyl halides is 2. The molecule has 0 heterocycles. The first kappa shape index (κ1) is 9.10. The van der Waals surface area contributed by atoms with Crippen LogP contribution in [0.15, 0.2) is 0 Å². The third kappa shape index (κ3) is 1.38. The number of ketones is 1. The largest absolute Gasteiger partial charge is 0.300 e. The van der Waals surface area contributed by atoms with Crippen LogP contribution >= 0.6 is 0 Å². The van der Waals surface area contributed by atoms with Crippen LogP contribution in [0.2, 0.25) is 0 Å². The van der Waals surface area contributed by atoms with Crippen molar-refractivity contribution < 1.29 is 13.6 Å². The summed E-state index contributed by atoms with van der Waals surface area (Å²) in [6, 6.07) is 0. The molecule has 2 fully saturated rings. The quantitative estimate of drug-likeness (QED) is 0.665. The third-order valence-electron chi connectivity index (χ3n) is 3.45. The smallest absolute Gasteiger partial charge is 0.254 e. The minimum atomic E-state index is -2.38. The second-order valence-corrected chi connectivity index (χ2v) is 4.32. The molecule has 0 aromatic rings. The average Bonchev–Trinajstić information content (AvgIpc) is 2.54. The summed E-state index contributed by atoms with van der Waals surface area (Å²) in [6.07, 6.45) is 2.22. The lowest BCUT2D eigenvalue weighted by Gasteiger charge is -2.12. The van der Waals surface area contributed by atoms with E-state index in [1.54, 1.807) is 0 Å². The highest BCUT2D eigenvalue weighted by molar-refractivity contribution is 5.78. The molecule has 2 aliphatic rings. The van der Waals surface area contributed by atoms with Gasteiger partial charge in [0.2, 0.25) is 0 Å². The van der Waals surface area contributed by atoms with Gasteiger partial charge in [0.25, 0.3) is 5.92 Å². The number of hydrogen-bond acceptors (Lipinski definition) is 1. The highest BCUT2D eigenvalue weighted by Gasteiger charge is 2.71. The van der Waals surface area contributed by atoms with E-state index in [2.05, 4.69) is 0 Å². The van der Waals surface area contributed by atoms with Gasteiger partial charge in [-0.15, -0.1) is 0 Å². The van der Waals surface area contributed by atoms with Gasteiger partial charge >= 0.3 is 0 Å². The molecule has 0 aromatic heterocycles. The van der Waals surface area contributed by atoms with Crippen LogP contribution in [0.25, 0.3) is 0 Å². The minimum absolute atomic E-state index is 0.217. The molecule has 2 aliphatic carbocycles. The molecule has 2 atom stereocenters. The summed E-state index contributed by atoms with van der Waals surface area (Å²) in [5.41, 5.74) is 0. The molecule has 0 N–H and O–H groups in total.